The van der Waals surface area contributed by atoms with Crippen molar-refractivity contribution < 1.29 is 4.74 Å². The molecule has 2 aromatic carbocycles. The Balaban J connectivity index is 1.96. The summed E-state index contributed by atoms with van der Waals surface area (Å²) in [6, 6.07) is 13.6. The molecule has 3 aromatic rings. The number of nitrogen functional groups attached to an aromatic ring is 1. The van der Waals surface area contributed by atoms with Crippen molar-refractivity contribution >= 4 is 28.1 Å². The largest absolute Gasteiger partial charge is 0.399 e. The maximum atomic E-state index is 5.79. The van der Waals surface area contributed by atoms with Gasteiger partial charge in [0.25, 0.3) is 0 Å². The summed E-state index contributed by atoms with van der Waals surface area (Å²) in [6.45, 7) is 0.580. The molecule has 106 valence electrons. The fourth-order valence-electron chi connectivity index (χ4n) is 2.22. The Kier molecular flexibility index (Phi) is 3.66. The molecule has 0 aliphatic heterocycles. The number of methoxy groups -OCH3 is 1. The lowest BCUT2D eigenvalue weighted by Crippen LogP contribution is -1.97. The average Bonchev–Trinajstić information content (AvgIpc) is 2.48. The van der Waals surface area contributed by atoms with Gasteiger partial charge in [0.1, 0.15) is 12.1 Å². The predicted molar refractivity (Wildman–Crippen MR) is 84.4 cm³/mol. The van der Waals surface area contributed by atoms with E-state index in [1.807, 2.05) is 42.5 Å². The van der Waals surface area contributed by atoms with Crippen molar-refractivity contribution in [3.8, 4) is 0 Å². The summed E-state index contributed by atoms with van der Waals surface area (Å²) in [6.07, 6.45) is 1.53. The lowest BCUT2D eigenvalue weighted by atomic mass is 10.2. The Morgan fingerprint density at radius 2 is 2.05 bits per heavy atom. The molecule has 5 heteroatoms. The molecule has 1 heterocycles. The van der Waals surface area contributed by atoms with Crippen LogP contribution in [0, 0.1) is 0 Å². The molecule has 0 unspecified atom stereocenters. The summed E-state index contributed by atoms with van der Waals surface area (Å²) in [5.41, 5.74) is 9.36. The molecule has 0 amide bonds. The van der Waals surface area contributed by atoms with Gasteiger partial charge in [0.15, 0.2) is 0 Å². The van der Waals surface area contributed by atoms with Crippen molar-refractivity contribution in [2.75, 3.05) is 18.2 Å². The molecule has 0 saturated carbocycles. The van der Waals surface area contributed by atoms with Gasteiger partial charge in [-0.15, -0.1) is 0 Å². The van der Waals surface area contributed by atoms with Crippen molar-refractivity contribution in [1.82, 2.24) is 9.97 Å². The van der Waals surface area contributed by atoms with E-state index in [2.05, 4.69) is 15.3 Å². The standard InChI is InChI=1S/C16H16N4O/c1-21-9-11-3-2-4-13(7-11)20-16-14-6-5-12(17)8-15(14)18-10-19-16/h2-8,10H,9,17H2,1H3,(H,18,19,20). The minimum absolute atomic E-state index is 0.580. The second kappa shape index (κ2) is 5.76. The molecule has 0 aliphatic rings. The van der Waals surface area contributed by atoms with Gasteiger partial charge in [0.2, 0.25) is 0 Å². The zero-order chi connectivity index (χ0) is 14.7. The van der Waals surface area contributed by atoms with Gasteiger partial charge < -0.3 is 15.8 Å². The number of nitrogens with two attached hydrogens (primary N) is 1. The van der Waals surface area contributed by atoms with Crippen LogP contribution >= 0.6 is 0 Å². The number of aromatic nitrogens is 2. The van der Waals surface area contributed by atoms with Gasteiger partial charge in [0.05, 0.1) is 12.1 Å². The molecule has 21 heavy (non-hydrogen) atoms. The number of rotatable bonds is 4. The third kappa shape index (κ3) is 2.93. The lowest BCUT2D eigenvalue weighted by molar-refractivity contribution is 0.185. The van der Waals surface area contributed by atoms with Gasteiger partial charge in [0, 0.05) is 23.9 Å². The topological polar surface area (TPSA) is 73.1 Å². The Hall–Kier alpha value is -2.66. The molecule has 3 rings (SSSR count). The molecule has 0 atom stereocenters. The van der Waals surface area contributed by atoms with Crippen LogP contribution in [0.3, 0.4) is 0 Å². The van der Waals surface area contributed by atoms with Gasteiger partial charge in [-0.1, -0.05) is 12.1 Å². The van der Waals surface area contributed by atoms with Crippen molar-refractivity contribution in [3.63, 3.8) is 0 Å². The molecule has 0 aliphatic carbocycles. The fraction of sp³-hybridized carbons (Fsp3) is 0.125. The first-order chi connectivity index (χ1) is 10.3. The van der Waals surface area contributed by atoms with Crippen LogP contribution in [0.25, 0.3) is 10.9 Å². The van der Waals surface area contributed by atoms with Crippen molar-refractivity contribution in [2.24, 2.45) is 0 Å². The maximum Gasteiger partial charge on any atom is 0.141 e. The van der Waals surface area contributed by atoms with Crippen LogP contribution in [-0.4, -0.2) is 17.1 Å². The summed E-state index contributed by atoms with van der Waals surface area (Å²) in [5.74, 6) is 0.759. The summed E-state index contributed by atoms with van der Waals surface area (Å²) in [7, 11) is 1.68. The normalized spacial score (nSPS) is 10.7. The highest BCUT2D eigenvalue weighted by molar-refractivity contribution is 5.92. The maximum absolute atomic E-state index is 5.79. The Bertz CT molecular complexity index is 773. The predicted octanol–water partition coefficient (Wildman–Crippen LogP) is 3.10. The molecular formula is C16H16N4O. The minimum atomic E-state index is 0.580. The van der Waals surface area contributed by atoms with Gasteiger partial charge in [-0.2, -0.15) is 0 Å². The number of nitrogens with zero attached hydrogens (tertiary/aromatic N) is 2. The van der Waals surface area contributed by atoms with Gasteiger partial charge in [-0.05, 0) is 35.9 Å². The average molecular weight is 280 g/mol. The van der Waals surface area contributed by atoms with E-state index in [0.29, 0.717) is 12.3 Å². The Morgan fingerprint density at radius 3 is 2.90 bits per heavy atom. The highest BCUT2D eigenvalue weighted by Crippen LogP contribution is 2.24. The van der Waals surface area contributed by atoms with Crippen LogP contribution in [0.4, 0.5) is 17.2 Å². The first kappa shape index (κ1) is 13.3. The van der Waals surface area contributed by atoms with E-state index in [0.717, 1.165) is 28.0 Å². The fourth-order valence-corrected chi connectivity index (χ4v) is 2.22. The van der Waals surface area contributed by atoms with Crippen LogP contribution in [0.2, 0.25) is 0 Å². The van der Waals surface area contributed by atoms with E-state index in [1.165, 1.54) is 6.33 Å². The zero-order valence-corrected chi connectivity index (χ0v) is 11.7. The number of nitrogens with one attached hydrogen (secondary N) is 1. The molecule has 0 fully saturated rings. The van der Waals surface area contributed by atoms with E-state index in [9.17, 15) is 0 Å². The molecule has 3 N–H and O–H groups in total. The van der Waals surface area contributed by atoms with E-state index in [-0.39, 0.29) is 0 Å². The molecule has 0 saturated heterocycles. The monoisotopic (exact) mass is 280 g/mol. The number of ether oxygens (including phenoxy) is 1. The molecule has 0 radical (unpaired) electrons. The number of benzene rings is 2. The third-order valence-corrected chi connectivity index (χ3v) is 3.16. The van der Waals surface area contributed by atoms with Crippen molar-refractivity contribution in [1.29, 1.82) is 0 Å². The highest BCUT2D eigenvalue weighted by atomic mass is 16.5. The molecule has 5 nitrogen and oxygen atoms in total. The second-order valence-corrected chi connectivity index (χ2v) is 4.76. The Morgan fingerprint density at radius 1 is 1.14 bits per heavy atom. The van der Waals surface area contributed by atoms with Crippen molar-refractivity contribution in [2.45, 2.75) is 6.61 Å². The van der Waals surface area contributed by atoms with Gasteiger partial charge >= 0.3 is 0 Å². The van der Waals surface area contributed by atoms with E-state index in [1.54, 1.807) is 7.11 Å². The van der Waals surface area contributed by atoms with E-state index < -0.39 is 0 Å². The van der Waals surface area contributed by atoms with E-state index in [4.69, 9.17) is 10.5 Å². The molecular weight excluding hydrogens is 264 g/mol. The van der Waals surface area contributed by atoms with Crippen molar-refractivity contribution in [3.05, 3.63) is 54.4 Å². The van der Waals surface area contributed by atoms with E-state index >= 15 is 0 Å². The minimum Gasteiger partial charge on any atom is -0.399 e. The summed E-state index contributed by atoms with van der Waals surface area (Å²) in [4.78, 5) is 8.55. The summed E-state index contributed by atoms with van der Waals surface area (Å²) < 4.78 is 5.15. The molecule has 0 spiro atoms. The van der Waals surface area contributed by atoms with Gasteiger partial charge in [-0.25, -0.2) is 9.97 Å². The molecule has 1 aromatic heterocycles. The SMILES string of the molecule is COCc1cccc(Nc2ncnc3cc(N)ccc23)c1. The first-order valence-corrected chi connectivity index (χ1v) is 6.61. The van der Waals surface area contributed by atoms with Crippen LogP contribution in [0.5, 0.6) is 0 Å². The van der Waals surface area contributed by atoms with Crippen LogP contribution in [-0.2, 0) is 11.3 Å². The summed E-state index contributed by atoms with van der Waals surface area (Å²) in [5, 5.41) is 4.25. The van der Waals surface area contributed by atoms with Gasteiger partial charge in [-0.3, -0.25) is 0 Å². The third-order valence-electron chi connectivity index (χ3n) is 3.16. The number of hydrogen-bond acceptors (Lipinski definition) is 5. The Labute approximate surface area is 122 Å². The highest BCUT2D eigenvalue weighted by Gasteiger charge is 2.05. The number of anilines is 3. The number of hydrogen-bond donors (Lipinski definition) is 2. The quantitative estimate of drug-likeness (QED) is 0.718. The van der Waals surface area contributed by atoms with Crippen LogP contribution in [0.15, 0.2) is 48.8 Å². The summed E-state index contributed by atoms with van der Waals surface area (Å²) >= 11 is 0. The van der Waals surface area contributed by atoms with Crippen LogP contribution < -0.4 is 11.1 Å². The smallest absolute Gasteiger partial charge is 0.141 e. The zero-order valence-electron chi connectivity index (χ0n) is 11.7. The van der Waals surface area contributed by atoms with Crippen LogP contribution in [0.1, 0.15) is 5.56 Å². The lowest BCUT2D eigenvalue weighted by Gasteiger charge is -2.10. The second-order valence-electron chi connectivity index (χ2n) is 4.76. The first-order valence-electron chi connectivity index (χ1n) is 6.61. The molecule has 0 bridgehead atoms. The number of fused-ring (bicyclic) bond motifs is 1.